The second-order valence-electron chi connectivity index (χ2n) is 4.80. The first-order chi connectivity index (χ1) is 10.9. The number of ketones is 1. The van der Waals surface area contributed by atoms with E-state index in [0.29, 0.717) is 16.8 Å². The fourth-order valence-electron chi connectivity index (χ4n) is 1.86. The van der Waals surface area contributed by atoms with Gasteiger partial charge in [0.05, 0.1) is 17.9 Å². The Labute approximate surface area is 136 Å². The Morgan fingerprint density at radius 1 is 1.09 bits per heavy atom. The number of carbonyl (C=O) groups is 2. The van der Waals surface area contributed by atoms with Gasteiger partial charge in [-0.15, -0.1) is 0 Å². The maximum atomic E-state index is 13.0. The molecule has 2 rings (SSSR count). The van der Waals surface area contributed by atoms with Gasteiger partial charge in [0, 0.05) is 18.0 Å². The molecule has 0 N–H and O–H groups in total. The van der Waals surface area contributed by atoms with E-state index in [9.17, 15) is 18.4 Å². The first kappa shape index (κ1) is 17.0. The number of hydrogen-bond acceptors (Lipinski definition) is 4. The van der Waals surface area contributed by atoms with E-state index in [0.717, 1.165) is 12.1 Å². The lowest BCUT2D eigenvalue weighted by molar-refractivity contribution is -0.147. The number of carbonyl (C=O) groups excluding carboxylic acids is 2. The normalized spacial score (nSPS) is 10.4. The first-order valence-electron chi connectivity index (χ1n) is 6.65. The number of Topliss-reactive ketones (excluding diaryl/α,β-unsaturated/α-hetero) is 1. The standard InChI is InChI=1S/C16H12ClF2NO3/c17-11-1-2-14(20-8-11)7-15(21)9-23-16(22)5-10-3-12(18)6-13(19)4-10/h1-4,6,8H,5,7,9H2. The van der Waals surface area contributed by atoms with Gasteiger partial charge in [-0.3, -0.25) is 14.6 Å². The van der Waals surface area contributed by atoms with Crippen LogP contribution in [0.25, 0.3) is 0 Å². The summed E-state index contributed by atoms with van der Waals surface area (Å²) in [5, 5.41) is 0.454. The van der Waals surface area contributed by atoms with Crippen LogP contribution in [-0.2, 0) is 27.2 Å². The number of halogens is 3. The van der Waals surface area contributed by atoms with Crippen molar-refractivity contribution in [2.45, 2.75) is 12.8 Å². The van der Waals surface area contributed by atoms with Crippen molar-refractivity contribution in [3.63, 3.8) is 0 Å². The van der Waals surface area contributed by atoms with E-state index in [4.69, 9.17) is 16.3 Å². The van der Waals surface area contributed by atoms with Gasteiger partial charge in [-0.05, 0) is 29.8 Å². The highest BCUT2D eigenvalue weighted by Gasteiger charge is 2.11. The smallest absolute Gasteiger partial charge is 0.310 e. The van der Waals surface area contributed by atoms with Gasteiger partial charge in [-0.25, -0.2) is 8.78 Å². The average molecular weight is 340 g/mol. The molecule has 23 heavy (non-hydrogen) atoms. The number of aromatic nitrogens is 1. The fraction of sp³-hybridized carbons (Fsp3) is 0.188. The molecular weight excluding hydrogens is 328 g/mol. The van der Waals surface area contributed by atoms with Crippen LogP contribution in [0, 0.1) is 11.6 Å². The predicted octanol–water partition coefficient (Wildman–Crippen LogP) is 2.91. The van der Waals surface area contributed by atoms with Crippen molar-refractivity contribution in [3.05, 3.63) is 64.4 Å². The topological polar surface area (TPSA) is 56.3 Å². The fourth-order valence-corrected chi connectivity index (χ4v) is 1.97. The Bertz CT molecular complexity index is 700. The quantitative estimate of drug-likeness (QED) is 0.759. The van der Waals surface area contributed by atoms with E-state index in [1.165, 1.54) is 6.20 Å². The lowest BCUT2D eigenvalue weighted by Crippen LogP contribution is -2.17. The van der Waals surface area contributed by atoms with Gasteiger partial charge in [0.1, 0.15) is 18.2 Å². The Morgan fingerprint density at radius 3 is 2.39 bits per heavy atom. The molecule has 0 saturated heterocycles. The van der Waals surface area contributed by atoms with Crippen LogP contribution in [0.2, 0.25) is 5.02 Å². The molecule has 0 atom stereocenters. The number of esters is 1. The molecule has 4 nitrogen and oxygen atoms in total. The Balaban J connectivity index is 1.81. The minimum Gasteiger partial charge on any atom is -0.457 e. The summed E-state index contributed by atoms with van der Waals surface area (Å²) in [6.45, 7) is -0.430. The molecule has 1 heterocycles. The minimum atomic E-state index is -0.780. The summed E-state index contributed by atoms with van der Waals surface area (Å²) in [4.78, 5) is 27.2. The summed E-state index contributed by atoms with van der Waals surface area (Å²) in [5.41, 5.74) is 0.641. The maximum Gasteiger partial charge on any atom is 0.310 e. The predicted molar refractivity (Wildman–Crippen MR) is 79.0 cm³/mol. The summed E-state index contributed by atoms with van der Waals surface area (Å²) >= 11 is 5.68. The van der Waals surface area contributed by atoms with Crippen molar-refractivity contribution < 1.29 is 23.1 Å². The van der Waals surface area contributed by atoms with Crippen molar-refractivity contribution >= 4 is 23.4 Å². The lowest BCUT2D eigenvalue weighted by Gasteiger charge is -2.05. The third-order valence-electron chi connectivity index (χ3n) is 2.83. The zero-order valence-corrected chi connectivity index (χ0v) is 12.6. The summed E-state index contributed by atoms with van der Waals surface area (Å²) in [6.07, 6.45) is 1.09. The van der Waals surface area contributed by atoms with Gasteiger partial charge in [0.2, 0.25) is 0 Å². The second kappa shape index (κ2) is 7.78. The van der Waals surface area contributed by atoms with Crippen LogP contribution < -0.4 is 0 Å². The minimum absolute atomic E-state index is 0.000950. The van der Waals surface area contributed by atoms with Crippen molar-refractivity contribution in [2.75, 3.05) is 6.61 Å². The highest BCUT2D eigenvalue weighted by molar-refractivity contribution is 6.30. The van der Waals surface area contributed by atoms with E-state index < -0.39 is 24.2 Å². The van der Waals surface area contributed by atoms with E-state index in [1.807, 2.05) is 0 Å². The number of benzene rings is 1. The van der Waals surface area contributed by atoms with E-state index in [2.05, 4.69) is 4.98 Å². The molecule has 0 aliphatic heterocycles. The van der Waals surface area contributed by atoms with Crippen molar-refractivity contribution in [3.8, 4) is 0 Å². The van der Waals surface area contributed by atoms with Gasteiger partial charge < -0.3 is 4.74 Å². The monoisotopic (exact) mass is 339 g/mol. The van der Waals surface area contributed by atoms with Crippen LogP contribution in [0.4, 0.5) is 8.78 Å². The molecular formula is C16H12ClF2NO3. The van der Waals surface area contributed by atoms with Gasteiger partial charge in [0.25, 0.3) is 0 Å². The second-order valence-corrected chi connectivity index (χ2v) is 5.23. The van der Waals surface area contributed by atoms with Crippen LogP contribution in [-0.4, -0.2) is 23.3 Å². The summed E-state index contributed by atoms with van der Waals surface area (Å²) < 4.78 is 30.8. The molecule has 0 amide bonds. The zero-order chi connectivity index (χ0) is 16.8. The Kier molecular flexibility index (Phi) is 5.76. The van der Waals surface area contributed by atoms with Crippen molar-refractivity contribution in [1.82, 2.24) is 4.98 Å². The highest BCUT2D eigenvalue weighted by Crippen LogP contribution is 2.10. The molecule has 0 spiro atoms. The molecule has 1 aromatic heterocycles. The van der Waals surface area contributed by atoms with E-state index >= 15 is 0 Å². The van der Waals surface area contributed by atoms with Gasteiger partial charge in [-0.1, -0.05) is 11.6 Å². The number of nitrogens with zero attached hydrogens (tertiary/aromatic N) is 1. The zero-order valence-electron chi connectivity index (χ0n) is 11.9. The van der Waals surface area contributed by atoms with Crippen LogP contribution >= 0.6 is 11.6 Å². The summed E-state index contributed by atoms with van der Waals surface area (Å²) in [5.74, 6) is -2.65. The number of ether oxygens (including phenoxy) is 1. The van der Waals surface area contributed by atoms with Crippen molar-refractivity contribution in [2.24, 2.45) is 0 Å². The Morgan fingerprint density at radius 2 is 1.78 bits per heavy atom. The molecule has 0 unspecified atom stereocenters. The SMILES string of the molecule is O=C(COC(=O)Cc1cc(F)cc(F)c1)Cc1ccc(Cl)cn1. The third kappa shape index (κ3) is 5.75. The molecule has 0 radical (unpaired) electrons. The van der Waals surface area contributed by atoms with Crippen LogP contribution in [0.3, 0.4) is 0 Å². The maximum absolute atomic E-state index is 13.0. The summed E-state index contributed by atoms with van der Waals surface area (Å²) in [7, 11) is 0. The molecule has 0 bridgehead atoms. The van der Waals surface area contributed by atoms with Crippen molar-refractivity contribution in [1.29, 1.82) is 0 Å². The van der Waals surface area contributed by atoms with Gasteiger partial charge in [-0.2, -0.15) is 0 Å². The molecule has 2 aromatic rings. The van der Waals surface area contributed by atoms with Gasteiger partial charge >= 0.3 is 5.97 Å². The van der Waals surface area contributed by atoms with Crippen LogP contribution in [0.5, 0.6) is 0 Å². The Hall–Kier alpha value is -2.34. The summed E-state index contributed by atoms with van der Waals surface area (Å²) in [6, 6.07) is 5.96. The average Bonchev–Trinajstić information content (AvgIpc) is 2.46. The molecule has 0 aliphatic rings. The third-order valence-corrected chi connectivity index (χ3v) is 3.06. The first-order valence-corrected chi connectivity index (χ1v) is 7.03. The molecule has 0 saturated carbocycles. The number of hydrogen-bond donors (Lipinski definition) is 0. The lowest BCUT2D eigenvalue weighted by atomic mass is 10.1. The number of rotatable bonds is 6. The molecule has 0 fully saturated rings. The largest absolute Gasteiger partial charge is 0.457 e. The molecule has 7 heteroatoms. The van der Waals surface area contributed by atoms with Crippen LogP contribution in [0.1, 0.15) is 11.3 Å². The molecule has 1 aromatic carbocycles. The molecule has 120 valence electrons. The van der Waals surface area contributed by atoms with Gasteiger partial charge in [0.15, 0.2) is 5.78 Å². The van der Waals surface area contributed by atoms with Crippen LogP contribution in [0.15, 0.2) is 36.5 Å². The molecule has 0 aliphatic carbocycles. The highest BCUT2D eigenvalue weighted by atomic mass is 35.5. The van der Waals surface area contributed by atoms with E-state index in [1.54, 1.807) is 12.1 Å². The number of pyridine rings is 1. The van der Waals surface area contributed by atoms with E-state index in [-0.39, 0.29) is 24.2 Å².